The largest absolute Gasteiger partial charge is 0.495 e. The van der Waals surface area contributed by atoms with E-state index in [4.69, 9.17) is 16.3 Å². The zero-order chi connectivity index (χ0) is 12.4. The molecule has 0 heterocycles. The topological polar surface area (TPSA) is 21.3 Å². The molecule has 0 saturated heterocycles. The molecule has 0 atom stereocenters. The summed E-state index contributed by atoms with van der Waals surface area (Å²) in [5.74, 6) is 2.51. The molecular formula is C14H20ClNO. The van der Waals surface area contributed by atoms with Gasteiger partial charge in [-0.05, 0) is 42.9 Å². The Morgan fingerprint density at radius 2 is 2.06 bits per heavy atom. The fraction of sp³-hybridized carbons (Fsp3) is 0.571. The lowest BCUT2D eigenvalue weighted by Crippen LogP contribution is -2.37. The molecule has 17 heavy (non-hydrogen) atoms. The average Bonchev–Trinajstić information content (AvgIpc) is 2.22. The van der Waals surface area contributed by atoms with Crippen LogP contribution in [-0.4, -0.2) is 13.2 Å². The van der Waals surface area contributed by atoms with Crippen molar-refractivity contribution in [2.45, 2.75) is 32.7 Å². The van der Waals surface area contributed by atoms with E-state index in [2.05, 4.69) is 19.2 Å². The first kappa shape index (κ1) is 12.6. The minimum absolute atomic E-state index is 0.565. The van der Waals surface area contributed by atoms with Gasteiger partial charge in [-0.3, -0.25) is 0 Å². The number of ether oxygens (including phenoxy) is 1. The van der Waals surface area contributed by atoms with Crippen molar-refractivity contribution in [1.82, 2.24) is 0 Å². The molecule has 1 saturated carbocycles. The molecule has 0 amide bonds. The SMILES string of the molecule is COc1ccc(Cl)cc1NC1CC(C(C)C)C1. The average molecular weight is 254 g/mol. The summed E-state index contributed by atoms with van der Waals surface area (Å²) in [5, 5.41) is 4.26. The van der Waals surface area contributed by atoms with Gasteiger partial charge in [0.15, 0.2) is 0 Å². The number of hydrogen-bond acceptors (Lipinski definition) is 2. The van der Waals surface area contributed by atoms with Gasteiger partial charge >= 0.3 is 0 Å². The normalized spacial score (nSPS) is 23.4. The van der Waals surface area contributed by atoms with E-state index in [-0.39, 0.29) is 0 Å². The molecule has 0 aliphatic heterocycles. The minimum Gasteiger partial charge on any atom is -0.495 e. The van der Waals surface area contributed by atoms with Crippen molar-refractivity contribution in [3.8, 4) is 5.75 Å². The Labute approximate surface area is 108 Å². The number of benzene rings is 1. The van der Waals surface area contributed by atoms with E-state index < -0.39 is 0 Å². The molecule has 1 N–H and O–H groups in total. The van der Waals surface area contributed by atoms with Gasteiger partial charge in [-0.25, -0.2) is 0 Å². The van der Waals surface area contributed by atoms with Crippen LogP contribution in [0.1, 0.15) is 26.7 Å². The van der Waals surface area contributed by atoms with Gasteiger partial charge in [0.25, 0.3) is 0 Å². The molecule has 0 unspecified atom stereocenters. The molecule has 2 nitrogen and oxygen atoms in total. The summed E-state index contributed by atoms with van der Waals surface area (Å²) in [6, 6.07) is 6.25. The molecule has 0 aromatic heterocycles. The lowest BCUT2D eigenvalue weighted by atomic mass is 9.73. The molecule has 1 aromatic carbocycles. The van der Waals surface area contributed by atoms with Crippen LogP contribution in [0.3, 0.4) is 0 Å². The lowest BCUT2D eigenvalue weighted by molar-refractivity contribution is 0.211. The molecule has 1 aliphatic rings. The van der Waals surface area contributed by atoms with Crippen LogP contribution in [0.5, 0.6) is 5.75 Å². The number of nitrogens with one attached hydrogen (secondary N) is 1. The zero-order valence-corrected chi connectivity index (χ0v) is 11.4. The molecule has 1 aromatic rings. The van der Waals surface area contributed by atoms with Crippen LogP contribution in [0.15, 0.2) is 18.2 Å². The van der Waals surface area contributed by atoms with E-state index in [1.54, 1.807) is 7.11 Å². The maximum Gasteiger partial charge on any atom is 0.142 e. The molecule has 0 bridgehead atoms. The van der Waals surface area contributed by atoms with Crippen LogP contribution in [0.4, 0.5) is 5.69 Å². The summed E-state index contributed by atoms with van der Waals surface area (Å²) in [6.07, 6.45) is 2.49. The maximum atomic E-state index is 6.00. The quantitative estimate of drug-likeness (QED) is 0.869. The van der Waals surface area contributed by atoms with Crippen molar-refractivity contribution in [1.29, 1.82) is 0 Å². The highest BCUT2D eigenvalue weighted by molar-refractivity contribution is 6.30. The van der Waals surface area contributed by atoms with Crippen molar-refractivity contribution in [2.75, 3.05) is 12.4 Å². The third-order valence-corrected chi connectivity index (χ3v) is 3.87. The molecule has 0 spiro atoms. The Morgan fingerprint density at radius 1 is 1.35 bits per heavy atom. The van der Waals surface area contributed by atoms with Gasteiger partial charge in [-0.15, -0.1) is 0 Å². The van der Waals surface area contributed by atoms with Crippen LogP contribution in [0.2, 0.25) is 5.02 Å². The standard InChI is InChI=1S/C14H20ClNO/c1-9(2)10-6-12(7-10)16-13-8-11(15)4-5-14(13)17-3/h4-5,8-10,12,16H,6-7H2,1-3H3. The number of methoxy groups -OCH3 is 1. The highest BCUT2D eigenvalue weighted by atomic mass is 35.5. The summed E-state index contributed by atoms with van der Waals surface area (Å²) in [4.78, 5) is 0. The van der Waals surface area contributed by atoms with Crippen LogP contribution in [0.25, 0.3) is 0 Å². The second kappa shape index (κ2) is 5.18. The third-order valence-electron chi connectivity index (χ3n) is 3.64. The van der Waals surface area contributed by atoms with Crippen molar-refractivity contribution >= 4 is 17.3 Å². The summed E-state index contributed by atoms with van der Waals surface area (Å²) >= 11 is 6.00. The highest BCUT2D eigenvalue weighted by Gasteiger charge is 2.31. The van der Waals surface area contributed by atoms with E-state index in [0.717, 1.165) is 28.3 Å². The van der Waals surface area contributed by atoms with Gasteiger partial charge in [0.2, 0.25) is 0 Å². The van der Waals surface area contributed by atoms with Crippen LogP contribution in [0, 0.1) is 11.8 Å². The molecule has 1 aliphatic carbocycles. The zero-order valence-electron chi connectivity index (χ0n) is 10.7. The van der Waals surface area contributed by atoms with Crippen molar-refractivity contribution in [3.63, 3.8) is 0 Å². The van der Waals surface area contributed by atoms with Gasteiger partial charge < -0.3 is 10.1 Å². The summed E-state index contributed by atoms with van der Waals surface area (Å²) in [6.45, 7) is 4.59. The van der Waals surface area contributed by atoms with Gasteiger partial charge in [0.05, 0.1) is 12.8 Å². The number of anilines is 1. The molecule has 94 valence electrons. The summed E-state index contributed by atoms with van der Waals surface area (Å²) < 4.78 is 5.32. The Balaban J connectivity index is 1.98. The van der Waals surface area contributed by atoms with Crippen molar-refractivity contribution in [2.24, 2.45) is 11.8 Å². The lowest BCUT2D eigenvalue weighted by Gasteiger charge is -2.39. The van der Waals surface area contributed by atoms with E-state index >= 15 is 0 Å². The van der Waals surface area contributed by atoms with E-state index in [9.17, 15) is 0 Å². The molecule has 0 radical (unpaired) electrons. The van der Waals surface area contributed by atoms with E-state index in [1.807, 2.05) is 18.2 Å². The van der Waals surface area contributed by atoms with Gasteiger partial charge in [0.1, 0.15) is 5.75 Å². The monoisotopic (exact) mass is 253 g/mol. The summed E-state index contributed by atoms with van der Waals surface area (Å²) in [7, 11) is 1.69. The predicted octanol–water partition coefficient (Wildman–Crippen LogP) is 4.20. The smallest absolute Gasteiger partial charge is 0.142 e. The van der Waals surface area contributed by atoms with E-state index in [0.29, 0.717) is 6.04 Å². The second-order valence-electron chi connectivity index (χ2n) is 5.16. The Morgan fingerprint density at radius 3 is 2.65 bits per heavy atom. The predicted molar refractivity (Wildman–Crippen MR) is 73.0 cm³/mol. The van der Waals surface area contributed by atoms with E-state index in [1.165, 1.54) is 12.8 Å². The molecule has 3 heteroatoms. The minimum atomic E-state index is 0.565. The first-order valence-electron chi connectivity index (χ1n) is 6.20. The van der Waals surface area contributed by atoms with Crippen molar-refractivity contribution < 1.29 is 4.74 Å². The fourth-order valence-electron chi connectivity index (χ4n) is 2.34. The fourth-order valence-corrected chi connectivity index (χ4v) is 2.51. The number of rotatable bonds is 4. The molecule has 1 fully saturated rings. The number of halogens is 1. The highest BCUT2D eigenvalue weighted by Crippen LogP contribution is 2.37. The van der Waals surface area contributed by atoms with Gasteiger partial charge in [-0.1, -0.05) is 25.4 Å². The van der Waals surface area contributed by atoms with Crippen LogP contribution < -0.4 is 10.1 Å². The Hall–Kier alpha value is -0.890. The third kappa shape index (κ3) is 2.86. The van der Waals surface area contributed by atoms with Crippen LogP contribution >= 0.6 is 11.6 Å². The van der Waals surface area contributed by atoms with Crippen molar-refractivity contribution in [3.05, 3.63) is 23.2 Å². The Bertz CT molecular complexity index is 386. The molecular weight excluding hydrogens is 234 g/mol. The van der Waals surface area contributed by atoms with Crippen LogP contribution in [-0.2, 0) is 0 Å². The first-order chi connectivity index (χ1) is 8.10. The summed E-state index contributed by atoms with van der Waals surface area (Å²) in [5.41, 5.74) is 1.01. The van der Waals surface area contributed by atoms with Gasteiger partial charge in [-0.2, -0.15) is 0 Å². The Kier molecular flexibility index (Phi) is 3.82. The molecule has 2 rings (SSSR count). The second-order valence-corrected chi connectivity index (χ2v) is 5.60. The van der Waals surface area contributed by atoms with Gasteiger partial charge in [0, 0.05) is 11.1 Å². The number of hydrogen-bond donors (Lipinski definition) is 1. The maximum absolute atomic E-state index is 6.00. The first-order valence-corrected chi connectivity index (χ1v) is 6.58.